The van der Waals surface area contributed by atoms with E-state index in [9.17, 15) is 0 Å². The van der Waals surface area contributed by atoms with Crippen LogP contribution >= 0.6 is 0 Å². The molecule has 0 fully saturated rings. The molecule has 0 radical (unpaired) electrons. The number of aryl methyl sites for hydroxylation is 2. The summed E-state index contributed by atoms with van der Waals surface area (Å²) in [6, 6.07) is 0.442. The Balaban J connectivity index is 2.27. The van der Waals surface area contributed by atoms with E-state index in [0.717, 1.165) is 57.3 Å². The fourth-order valence-electron chi connectivity index (χ4n) is 3.01. The molecule has 0 aliphatic carbocycles. The van der Waals surface area contributed by atoms with Crippen molar-refractivity contribution in [3.63, 3.8) is 0 Å². The van der Waals surface area contributed by atoms with Crippen LogP contribution < -0.4 is 10.6 Å². The zero-order valence-electron chi connectivity index (χ0n) is 17.6. The van der Waals surface area contributed by atoms with E-state index in [1.165, 1.54) is 19.4 Å². The first kappa shape index (κ1) is 22.5. The SMILES string of the molecule is CCNC(=NCCCCn1ccnc1C)NC(C)CCCN(CC)CC. The van der Waals surface area contributed by atoms with E-state index in [0.29, 0.717) is 6.04 Å². The van der Waals surface area contributed by atoms with Crippen molar-refractivity contribution in [1.82, 2.24) is 25.1 Å². The predicted molar refractivity (Wildman–Crippen MR) is 112 cm³/mol. The maximum atomic E-state index is 4.73. The Morgan fingerprint density at radius 1 is 1.23 bits per heavy atom. The van der Waals surface area contributed by atoms with Crippen LogP contribution in [-0.2, 0) is 6.54 Å². The molecule has 0 bridgehead atoms. The van der Waals surface area contributed by atoms with Crippen LogP contribution in [0, 0.1) is 6.92 Å². The monoisotopic (exact) mass is 364 g/mol. The molecule has 2 N–H and O–H groups in total. The van der Waals surface area contributed by atoms with E-state index in [4.69, 9.17) is 4.99 Å². The van der Waals surface area contributed by atoms with Gasteiger partial charge in [-0.1, -0.05) is 13.8 Å². The average Bonchev–Trinajstić information content (AvgIpc) is 3.03. The fraction of sp³-hybridized carbons (Fsp3) is 0.800. The molecule has 0 saturated heterocycles. The predicted octanol–water partition coefficient (Wildman–Crippen LogP) is 3.04. The van der Waals surface area contributed by atoms with Crippen molar-refractivity contribution in [2.24, 2.45) is 4.99 Å². The van der Waals surface area contributed by atoms with Crippen molar-refractivity contribution in [3.05, 3.63) is 18.2 Å². The van der Waals surface area contributed by atoms with E-state index < -0.39 is 0 Å². The van der Waals surface area contributed by atoms with Crippen molar-refractivity contribution < 1.29 is 0 Å². The Kier molecular flexibility index (Phi) is 11.8. The van der Waals surface area contributed by atoms with Gasteiger partial charge in [-0.15, -0.1) is 0 Å². The van der Waals surface area contributed by atoms with Gasteiger partial charge >= 0.3 is 0 Å². The number of hydrogen-bond acceptors (Lipinski definition) is 3. The minimum atomic E-state index is 0.442. The zero-order chi connectivity index (χ0) is 19.2. The lowest BCUT2D eigenvalue weighted by Gasteiger charge is -2.21. The average molecular weight is 365 g/mol. The second-order valence-electron chi connectivity index (χ2n) is 6.85. The number of rotatable bonds is 13. The number of nitrogens with zero attached hydrogens (tertiary/aromatic N) is 4. The van der Waals surface area contributed by atoms with Gasteiger partial charge in [0.1, 0.15) is 5.82 Å². The third-order valence-corrected chi connectivity index (χ3v) is 4.73. The van der Waals surface area contributed by atoms with Gasteiger partial charge in [-0.2, -0.15) is 0 Å². The highest BCUT2D eigenvalue weighted by Gasteiger charge is 2.06. The number of aromatic nitrogens is 2. The van der Waals surface area contributed by atoms with Crippen molar-refractivity contribution >= 4 is 5.96 Å². The standard InChI is InChI=1S/C20H40N6/c1-6-21-20(24-18(4)12-11-15-25(7-2)8-3)23-13-9-10-16-26-17-14-22-19(26)5/h14,17-18H,6-13,15-16H2,1-5H3,(H2,21,23,24). The minimum absolute atomic E-state index is 0.442. The summed E-state index contributed by atoms with van der Waals surface area (Å²) in [5.74, 6) is 2.03. The normalized spacial score (nSPS) is 13.2. The molecule has 0 aliphatic heterocycles. The molecule has 1 heterocycles. The Labute approximate surface area is 160 Å². The van der Waals surface area contributed by atoms with Crippen LogP contribution in [0.4, 0.5) is 0 Å². The first-order valence-electron chi connectivity index (χ1n) is 10.4. The van der Waals surface area contributed by atoms with Crippen LogP contribution in [-0.4, -0.2) is 59.2 Å². The maximum Gasteiger partial charge on any atom is 0.191 e. The molecule has 26 heavy (non-hydrogen) atoms. The number of hydrogen-bond donors (Lipinski definition) is 2. The van der Waals surface area contributed by atoms with Gasteiger partial charge < -0.3 is 20.1 Å². The molecule has 0 aliphatic rings. The number of guanidine groups is 1. The van der Waals surface area contributed by atoms with Gasteiger partial charge in [-0.05, 0) is 66.1 Å². The highest BCUT2D eigenvalue weighted by Crippen LogP contribution is 2.01. The van der Waals surface area contributed by atoms with Crippen molar-refractivity contribution in [3.8, 4) is 0 Å². The number of nitrogens with one attached hydrogen (secondary N) is 2. The molecule has 1 rings (SSSR count). The van der Waals surface area contributed by atoms with E-state index >= 15 is 0 Å². The second-order valence-corrected chi connectivity index (χ2v) is 6.85. The molecule has 150 valence electrons. The Bertz CT molecular complexity index is 492. The van der Waals surface area contributed by atoms with Crippen molar-refractivity contribution in [1.29, 1.82) is 0 Å². The molecule has 1 unspecified atom stereocenters. The van der Waals surface area contributed by atoms with Crippen LogP contribution in [0.2, 0.25) is 0 Å². The Hall–Kier alpha value is -1.56. The third kappa shape index (κ3) is 9.22. The van der Waals surface area contributed by atoms with Gasteiger partial charge in [0.05, 0.1) is 0 Å². The molecule has 6 heteroatoms. The van der Waals surface area contributed by atoms with Crippen molar-refractivity contribution in [2.75, 3.05) is 32.7 Å². The molecule has 1 atom stereocenters. The van der Waals surface area contributed by atoms with Crippen LogP contribution in [0.25, 0.3) is 0 Å². The van der Waals surface area contributed by atoms with Gasteiger partial charge in [0, 0.05) is 38.1 Å². The first-order chi connectivity index (χ1) is 12.6. The lowest BCUT2D eigenvalue weighted by Crippen LogP contribution is -2.42. The molecule has 6 nitrogen and oxygen atoms in total. The summed E-state index contributed by atoms with van der Waals surface area (Å²) >= 11 is 0. The zero-order valence-corrected chi connectivity index (χ0v) is 17.6. The highest BCUT2D eigenvalue weighted by atomic mass is 15.2. The third-order valence-electron chi connectivity index (χ3n) is 4.73. The summed E-state index contributed by atoms with van der Waals surface area (Å²) in [5.41, 5.74) is 0. The second kappa shape index (κ2) is 13.6. The lowest BCUT2D eigenvalue weighted by molar-refractivity contribution is 0.292. The van der Waals surface area contributed by atoms with Gasteiger partial charge in [-0.3, -0.25) is 4.99 Å². The number of unbranched alkanes of at least 4 members (excludes halogenated alkanes) is 1. The summed E-state index contributed by atoms with van der Waals surface area (Å²) in [6.07, 6.45) is 8.51. The number of imidazole rings is 1. The van der Waals surface area contributed by atoms with Crippen LogP contribution in [0.1, 0.15) is 59.2 Å². The van der Waals surface area contributed by atoms with Gasteiger partial charge in [0.15, 0.2) is 5.96 Å². The quantitative estimate of drug-likeness (QED) is 0.321. The van der Waals surface area contributed by atoms with E-state index in [1.54, 1.807) is 0 Å². The van der Waals surface area contributed by atoms with Crippen molar-refractivity contribution in [2.45, 2.75) is 72.9 Å². The first-order valence-corrected chi connectivity index (χ1v) is 10.4. The largest absolute Gasteiger partial charge is 0.357 e. The van der Waals surface area contributed by atoms with E-state index in [-0.39, 0.29) is 0 Å². The summed E-state index contributed by atoms with van der Waals surface area (Å²) < 4.78 is 2.20. The van der Waals surface area contributed by atoms with Gasteiger partial charge in [0.2, 0.25) is 0 Å². The van der Waals surface area contributed by atoms with Crippen LogP contribution in [0.3, 0.4) is 0 Å². The number of aliphatic imine (C=N–C) groups is 1. The molecule has 0 aromatic carbocycles. The van der Waals surface area contributed by atoms with E-state index in [1.807, 2.05) is 19.3 Å². The van der Waals surface area contributed by atoms with Gasteiger partial charge in [0.25, 0.3) is 0 Å². The molecule has 1 aromatic heterocycles. The maximum absolute atomic E-state index is 4.73. The summed E-state index contributed by atoms with van der Waals surface area (Å²) in [7, 11) is 0. The summed E-state index contributed by atoms with van der Waals surface area (Å²) in [6.45, 7) is 17.1. The van der Waals surface area contributed by atoms with Gasteiger partial charge in [-0.25, -0.2) is 4.98 Å². The van der Waals surface area contributed by atoms with Crippen LogP contribution in [0.5, 0.6) is 0 Å². The Morgan fingerprint density at radius 3 is 2.62 bits per heavy atom. The molecule has 0 amide bonds. The summed E-state index contributed by atoms with van der Waals surface area (Å²) in [4.78, 5) is 11.5. The van der Waals surface area contributed by atoms with Crippen LogP contribution in [0.15, 0.2) is 17.4 Å². The molecule has 0 saturated carbocycles. The lowest BCUT2D eigenvalue weighted by atomic mass is 10.2. The van der Waals surface area contributed by atoms with E-state index in [2.05, 4.69) is 52.8 Å². The summed E-state index contributed by atoms with van der Waals surface area (Å²) in [5, 5.41) is 6.91. The smallest absolute Gasteiger partial charge is 0.191 e. The Morgan fingerprint density at radius 2 is 2.00 bits per heavy atom. The fourth-order valence-corrected chi connectivity index (χ4v) is 3.01. The topological polar surface area (TPSA) is 57.5 Å². The highest BCUT2D eigenvalue weighted by molar-refractivity contribution is 5.79. The molecule has 0 spiro atoms. The minimum Gasteiger partial charge on any atom is -0.357 e. The molecular formula is C20H40N6. The molecular weight excluding hydrogens is 324 g/mol. The molecule has 1 aromatic rings.